The van der Waals surface area contributed by atoms with E-state index in [1.54, 1.807) is 23.7 Å². The summed E-state index contributed by atoms with van der Waals surface area (Å²) in [6.45, 7) is 0.693. The van der Waals surface area contributed by atoms with Crippen molar-refractivity contribution in [2.24, 2.45) is 0 Å². The molecular formula is C14H16N2O2S. The number of thiophene rings is 1. The number of hydrogen-bond donors (Lipinski definition) is 0. The molecule has 0 aliphatic carbocycles. The molecule has 19 heavy (non-hydrogen) atoms. The molecule has 4 nitrogen and oxygen atoms in total. The van der Waals surface area contributed by atoms with E-state index < -0.39 is 6.04 Å². The van der Waals surface area contributed by atoms with E-state index in [4.69, 9.17) is 4.74 Å². The summed E-state index contributed by atoms with van der Waals surface area (Å²) in [6.07, 6.45) is 3.39. The smallest absolute Gasteiger partial charge is 0.327 e. The topological polar surface area (TPSA) is 42.4 Å². The Labute approximate surface area is 116 Å². The van der Waals surface area contributed by atoms with Crippen LogP contribution in [0.15, 0.2) is 41.4 Å². The average molecular weight is 276 g/mol. The first-order valence-corrected chi connectivity index (χ1v) is 6.85. The molecule has 0 aromatic carbocycles. The van der Waals surface area contributed by atoms with Gasteiger partial charge in [0.2, 0.25) is 0 Å². The van der Waals surface area contributed by atoms with Crippen molar-refractivity contribution in [3.63, 3.8) is 0 Å². The molecule has 0 saturated heterocycles. The minimum absolute atomic E-state index is 0.272. The van der Waals surface area contributed by atoms with Crippen molar-refractivity contribution >= 4 is 17.3 Å². The number of esters is 1. The lowest BCUT2D eigenvalue weighted by molar-refractivity contribution is -0.147. The number of nitrogens with zero attached hydrogens (tertiary/aromatic N) is 2. The first-order valence-electron chi connectivity index (χ1n) is 5.91. The maximum atomic E-state index is 12.0. The summed E-state index contributed by atoms with van der Waals surface area (Å²) in [7, 11) is 3.32. The first-order chi connectivity index (χ1) is 9.22. The van der Waals surface area contributed by atoms with Crippen LogP contribution in [0.25, 0.3) is 0 Å². The van der Waals surface area contributed by atoms with Crippen molar-refractivity contribution in [1.29, 1.82) is 0 Å². The van der Waals surface area contributed by atoms with Crippen LogP contribution in [-0.2, 0) is 16.1 Å². The number of aromatic nitrogens is 1. The van der Waals surface area contributed by atoms with E-state index in [2.05, 4.69) is 16.4 Å². The summed E-state index contributed by atoms with van der Waals surface area (Å²) in [4.78, 5) is 18.0. The Bertz CT molecular complexity index is 514. The predicted molar refractivity (Wildman–Crippen MR) is 74.8 cm³/mol. The maximum absolute atomic E-state index is 12.0. The van der Waals surface area contributed by atoms with Gasteiger partial charge in [0.1, 0.15) is 6.04 Å². The fraction of sp³-hybridized carbons (Fsp3) is 0.286. The number of carbonyl (C=O) groups excluding carboxylic acids is 1. The molecule has 0 amide bonds. The van der Waals surface area contributed by atoms with Gasteiger partial charge in [0, 0.05) is 18.9 Å². The Morgan fingerprint density at radius 2 is 2.37 bits per heavy atom. The van der Waals surface area contributed by atoms with Gasteiger partial charge < -0.3 is 4.74 Å². The van der Waals surface area contributed by atoms with Crippen molar-refractivity contribution in [1.82, 2.24) is 9.88 Å². The molecule has 2 aromatic rings. The van der Waals surface area contributed by atoms with Crippen molar-refractivity contribution < 1.29 is 9.53 Å². The fourth-order valence-corrected chi connectivity index (χ4v) is 2.64. The van der Waals surface area contributed by atoms with E-state index in [9.17, 15) is 4.79 Å². The van der Waals surface area contributed by atoms with Gasteiger partial charge in [-0.1, -0.05) is 6.07 Å². The van der Waals surface area contributed by atoms with Gasteiger partial charge in [-0.15, -0.1) is 0 Å². The van der Waals surface area contributed by atoms with Gasteiger partial charge >= 0.3 is 5.97 Å². The Hall–Kier alpha value is -1.72. The van der Waals surface area contributed by atoms with Gasteiger partial charge in [0.15, 0.2) is 0 Å². The first kappa shape index (κ1) is 13.7. The Morgan fingerprint density at radius 3 is 2.95 bits per heavy atom. The SMILES string of the molecule is COC(=O)C(c1cccnc1)N(C)Cc1ccsc1. The zero-order chi connectivity index (χ0) is 13.7. The van der Waals surface area contributed by atoms with Crippen LogP contribution in [0.5, 0.6) is 0 Å². The van der Waals surface area contributed by atoms with Gasteiger partial charge in [-0.2, -0.15) is 11.3 Å². The van der Waals surface area contributed by atoms with Crippen LogP contribution < -0.4 is 0 Å². The fourth-order valence-electron chi connectivity index (χ4n) is 1.98. The quantitative estimate of drug-likeness (QED) is 0.787. The van der Waals surface area contributed by atoms with E-state index in [-0.39, 0.29) is 5.97 Å². The molecule has 0 saturated carbocycles. The third-order valence-corrected chi connectivity index (χ3v) is 3.61. The number of pyridine rings is 1. The molecule has 0 fully saturated rings. The number of ether oxygens (including phenoxy) is 1. The van der Waals surface area contributed by atoms with E-state index in [1.807, 2.05) is 29.5 Å². The minimum atomic E-state index is -0.432. The normalized spacial score (nSPS) is 12.4. The molecule has 0 spiro atoms. The van der Waals surface area contributed by atoms with Crippen LogP contribution in [0.1, 0.15) is 17.2 Å². The highest BCUT2D eigenvalue weighted by atomic mass is 32.1. The molecule has 1 unspecified atom stereocenters. The maximum Gasteiger partial charge on any atom is 0.327 e. The van der Waals surface area contributed by atoms with Gasteiger partial charge in [0.05, 0.1) is 7.11 Å². The third kappa shape index (κ3) is 3.39. The molecule has 0 bridgehead atoms. The highest BCUT2D eigenvalue weighted by Crippen LogP contribution is 2.22. The van der Waals surface area contributed by atoms with E-state index in [1.165, 1.54) is 12.7 Å². The summed E-state index contributed by atoms with van der Waals surface area (Å²) in [6, 6.07) is 5.33. The number of rotatable bonds is 5. The Balaban J connectivity index is 2.20. The van der Waals surface area contributed by atoms with E-state index in [0.29, 0.717) is 6.54 Å². The molecule has 2 aromatic heterocycles. The van der Waals surface area contributed by atoms with Crippen LogP contribution in [0.4, 0.5) is 0 Å². The third-order valence-electron chi connectivity index (χ3n) is 2.88. The van der Waals surface area contributed by atoms with Crippen molar-refractivity contribution in [2.75, 3.05) is 14.2 Å². The Morgan fingerprint density at radius 1 is 1.53 bits per heavy atom. The lowest BCUT2D eigenvalue weighted by Crippen LogP contribution is -2.31. The molecule has 0 N–H and O–H groups in total. The predicted octanol–water partition coefficient (Wildman–Crippen LogP) is 2.49. The van der Waals surface area contributed by atoms with E-state index >= 15 is 0 Å². The molecule has 100 valence electrons. The summed E-state index contributed by atoms with van der Waals surface area (Å²) in [5.74, 6) is -0.272. The summed E-state index contributed by atoms with van der Waals surface area (Å²) >= 11 is 1.65. The second-order valence-electron chi connectivity index (χ2n) is 4.26. The highest BCUT2D eigenvalue weighted by molar-refractivity contribution is 7.07. The molecule has 2 rings (SSSR count). The number of carbonyl (C=O) groups is 1. The lowest BCUT2D eigenvalue weighted by atomic mass is 10.1. The van der Waals surface area contributed by atoms with Gasteiger partial charge in [-0.05, 0) is 41.1 Å². The van der Waals surface area contributed by atoms with Crippen LogP contribution in [0.3, 0.4) is 0 Å². The zero-order valence-corrected chi connectivity index (χ0v) is 11.8. The number of methoxy groups -OCH3 is 1. The highest BCUT2D eigenvalue weighted by Gasteiger charge is 2.26. The van der Waals surface area contributed by atoms with Gasteiger partial charge in [-0.25, -0.2) is 4.79 Å². The molecule has 1 atom stereocenters. The van der Waals surface area contributed by atoms with E-state index in [0.717, 1.165) is 5.56 Å². The van der Waals surface area contributed by atoms with Crippen molar-refractivity contribution in [2.45, 2.75) is 12.6 Å². The van der Waals surface area contributed by atoms with Crippen LogP contribution in [0, 0.1) is 0 Å². The molecule has 0 radical (unpaired) electrons. The summed E-state index contributed by atoms with van der Waals surface area (Å²) < 4.78 is 4.90. The minimum Gasteiger partial charge on any atom is -0.468 e. The zero-order valence-electron chi connectivity index (χ0n) is 10.9. The van der Waals surface area contributed by atoms with Crippen LogP contribution in [0.2, 0.25) is 0 Å². The van der Waals surface area contributed by atoms with Crippen LogP contribution >= 0.6 is 11.3 Å². The monoisotopic (exact) mass is 276 g/mol. The molecule has 0 aliphatic heterocycles. The molecular weight excluding hydrogens is 260 g/mol. The summed E-state index contributed by atoms with van der Waals surface area (Å²) in [5, 5.41) is 4.11. The lowest BCUT2D eigenvalue weighted by Gasteiger charge is -2.25. The standard InChI is InChI=1S/C14H16N2O2S/c1-16(9-11-5-7-19-10-11)13(14(17)18-2)12-4-3-6-15-8-12/h3-8,10,13H,9H2,1-2H3. The molecule has 5 heteroatoms. The second kappa shape index (κ2) is 6.45. The second-order valence-corrected chi connectivity index (χ2v) is 5.04. The average Bonchev–Trinajstić information content (AvgIpc) is 2.93. The van der Waals surface area contributed by atoms with Gasteiger partial charge in [-0.3, -0.25) is 9.88 Å². The van der Waals surface area contributed by atoms with Crippen molar-refractivity contribution in [3.8, 4) is 0 Å². The van der Waals surface area contributed by atoms with Crippen molar-refractivity contribution in [3.05, 3.63) is 52.5 Å². The largest absolute Gasteiger partial charge is 0.468 e. The molecule has 0 aliphatic rings. The van der Waals surface area contributed by atoms with Crippen LogP contribution in [-0.4, -0.2) is 30.0 Å². The Kier molecular flexibility index (Phi) is 4.65. The number of likely N-dealkylation sites (N-methyl/N-ethyl adjacent to an activating group) is 1. The molecule has 2 heterocycles. The van der Waals surface area contributed by atoms with Gasteiger partial charge in [0.25, 0.3) is 0 Å². The number of hydrogen-bond acceptors (Lipinski definition) is 5. The summed E-state index contributed by atoms with van der Waals surface area (Å²) in [5.41, 5.74) is 2.03.